The van der Waals surface area contributed by atoms with Crippen molar-refractivity contribution in [1.82, 2.24) is 4.98 Å². The van der Waals surface area contributed by atoms with Gasteiger partial charge in [0.05, 0.1) is 17.2 Å². The van der Waals surface area contributed by atoms with Gasteiger partial charge in [-0.05, 0) is 12.1 Å². The van der Waals surface area contributed by atoms with Crippen molar-refractivity contribution in [2.24, 2.45) is 0 Å². The zero-order valence-electron chi connectivity index (χ0n) is 13.1. The molecule has 1 heterocycles. The Morgan fingerprint density at radius 3 is 2.15 bits per heavy atom. The molecule has 0 unspecified atom stereocenters. The Balaban J connectivity index is 0. The maximum atomic E-state index is 10.7. The average molecular weight is 276 g/mol. The minimum atomic E-state index is -0.971. The molecule has 1 aromatic carbocycles. The summed E-state index contributed by atoms with van der Waals surface area (Å²) in [6, 6.07) is 6.85. The third kappa shape index (κ3) is 5.15. The molecule has 20 heavy (non-hydrogen) atoms. The number of hydrogen-bond acceptors (Lipinski definition) is 2. The van der Waals surface area contributed by atoms with Gasteiger partial charge in [-0.15, -0.1) is 0 Å². The van der Waals surface area contributed by atoms with Gasteiger partial charge in [0.25, 0.3) is 0 Å². The molecular formula is C16H24N2O2. The number of aromatic carboxylic acids is 1. The SMILES string of the molecule is CC.CC.CC.N#Cc1ccc2c(C(=O)O)c[nH]c2c1. The summed E-state index contributed by atoms with van der Waals surface area (Å²) in [5.74, 6) is -0.971. The number of benzene rings is 1. The fraction of sp³-hybridized carbons (Fsp3) is 0.375. The van der Waals surface area contributed by atoms with Crippen LogP contribution in [0.5, 0.6) is 0 Å². The van der Waals surface area contributed by atoms with E-state index in [0.717, 1.165) is 0 Å². The molecule has 4 heteroatoms. The van der Waals surface area contributed by atoms with Crippen molar-refractivity contribution in [3.63, 3.8) is 0 Å². The summed E-state index contributed by atoms with van der Waals surface area (Å²) in [7, 11) is 0. The van der Waals surface area contributed by atoms with Crippen LogP contribution in [-0.2, 0) is 0 Å². The number of aromatic amines is 1. The van der Waals surface area contributed by atoms with E-state index in [4.69, 9.17) is 10.4 Å². The molecule has 0 aliphatic carbocycles. The Hall–Kier alpha value is -2.28. The molecule has 0 atom stereocenters. The highest BCUT2D eigenvalue weighted by atomic mass is 16.4. The lowest BCUT2D eigenvalue weighted by atomic mass is 10.1. The standard InChI is InChI=1S/C10H6N2O2.3C2H6/c11-4-6-1-2-7-8(10(13)14)5-12-9(7)3-6;3*1-2/h1-3,5,12H,(H,13,14);3*1-2H3. The van der Waals surface area contributed by atoms with Crippen LogP contribution in [0.2, 0.25) is 0 Å². The number of carboxylic acid groups (broad SMARTS) is 1. The fourth-order valence-electron chi connectivity index (χ4n) is 1.37. The van der Waals surface area contributed by atoms with Crippen LogP contribution in [0, 0.1) is 11.3 Å². The number of nitrogens with zero attached hydrogens (tertiary/aromatic N) is 1. The minimum Gasteiger partial charge on any atom is -0.478 e. The average Bonchev–Trinajstić information content (AvgIpc) is 2.96. The van der Waals surface area contributed by atoms with Crippen molar-refractivity contribution in [3.05, 3.63) is 35.5 Å². The van der Waals surface area contributed by atoms with Crippen LogP contribution in [0.3, 0.4) is 0 Å². The summed E-state index contributed by atoms with van der Waals surface area (Å²) in [5.41, 5.74) is 1.40. The molecule has 110 valence electrons. The number of H-pyrrole nitrogens is 1. The number of aromatic nitrogens is 1. The summed E-state index contributed by atoms with van der Waals surface area (Å²) in [6.07, 6.45) is 1.42. The summed E-state index contributed by atoms with van der Waals surface area (Å²) >= 11 is 0. The van der Waals surface area contributed by atoms with Gasteiger partial charge in [-0.1, -0.05) is 47.6 Å². The number of fused-ring (bicyclic) bond motifs is 1. The smallest absolute Gasteiger partial charge is 0.337 e. The summed E-state index contributed by atoms with van der Waals surface area (Å²) in [4.78, 5) is 13.6. The van der Waals surface area contributed by atoms with Crippen LogP contribution in [0.15, 0.2) is 24.4 Å². The Bertz CT molecular complexity index is 551. The highest BCUT2D eigenvalue weighted by Crippen LogP contribution is 2.19. The van der Waals surface area contributed by atoms with E-state index in [0.29, 0.717) is 16.5 Å². The van der Waals surface area contributed by atoms with Crippen molar-refractivity contribution in [2.45, 2.75) is 41.5 Å². The number of carboxylic acids is 1. The van der Waals surface area contributed by atoms with Gasteiger partial charge in [0.1, 0.15) is 0 Å². The lowest BCUT2D eigenvalue weighted by molar-refractivity contribution is 0.0699. The molecule has 0 aliphatic rings. The van der Waals surface area contributed by atoms with Crippen molar-refractivity contribution >= 4 is 16.9 Å². The van der Waals surface area contributed by atoms with Crippen LogP contribution in [0.1, 0.15) is 57.5 Å². The van der Waals surface area contributed by atoms with Crippen LogP contribution < -0.4 is 0 Å². The first-order valence-electron chi connectivity index (χ1n) is 6.97. The maximum absolute atomic E-state index is 10.7. The monoisotopic (exact) mass is 276 g/mol. The lowest BCUT2D eigenvalue weighted by Crippen LogP contribution is -1.93. The van der Waals surface area contributed by atoms with E-state index >= 15 is 0 Å². The van der Waals surface area contributed by atoms with E-state index in [1.165, 1.54) is 6.20 Å². The second-order valence-corrected chi connectivity index (χ2v) is 2.88. The quantitative estimate of drug-likeness (QED) is 0.784. The molecule has 0 saturated carbocycles. The molecule has 0 bridgehead atoms. The topological polar surface area (TPSA) is 76.9 Å². The minimum absolute atomic E-state index is 0.226. The van der Waals surface area contributed by atoms with Gasteiger partial charge < -0.3 is 10.1 Å². The lowest BCUT2D eigenvalue weighted by Gasteiger charge is -1.92. The van der Waals surface area contributed by atoms with E-state index in [1.807, 2.05) is 47.6 Å². The van der Waals surface area contributed by atoms with Crippen molar-refractivity contribution in [1.29, 1.82) is 5.26 Å². The molecule has 0 spiro atoms. The Labute approximate surface area is 121 Å². The van der Waals surface area contributed by atoms with Gasteiger partial charge >= 0.3 is 5.97 Å². The van der Waals surface area contributed by atoms with Crippen LogP contribution >= 0.6 is 0 Å². The third-order valence-corrected chi connectivity index (χ3v) is 2.04. The van der Waals surface area contributed by atoms with Gasteiger partial charge in [0.2, 0.25) is 0 Å². The van der Waals surface area contributed by atoms with Gasteiger partial charge in [0, 0.05) is 17.1 Å². The predicted octanol–water partition coefficient (Wildman–Crippen LogP) is 4.82. The zero-order chi connectivity index (χ0) is 16.1. The summed E-state index contributed by atoms with van der Waals surface area (Å²) in [5, 5.41) is 18.1. The van der Waals surface area contributed by atoms with Crippen LogP contribution in [-0.4, -0.2) is 16.1 Å². The number of nitriles is 1. The molecule has 0 saturated heterocycles. The van der Waals surface area contributed by atoms with Crippen LogP contribution in [0.4, 0.5) is 0 Å². The number of nitrogens with one attached hydrogen (secondary N) is 1. The summed E-state index contributed by atoms with van der Waals surface area (Å²) < 4.78 is 0. The maximum Gasteiger partial charge on any atom is 0.337 e. The van der Waals surface area contributed by atoms with Gasteiger partial charge in [-0.3, -0.25) is 0 Å². The Morgan fingerprint density at radius 1 is 1.15 bits per heavy atom. The second-order valence-electron chi connectivity index (χ2n) is 2.88. The number of carbonyl (C=O) groups is 1. The van der Waals surface area contributed by atoms with Gasteiger partial charge in [0.15, 0.2) is 0 Å². The van der Waals surface area contributed by atoms with E-state index in [-0.39, 0.29) is 5.56 Å². The first-order valence-corrected chi connectivity index (χ1v) is 6.97. The molecule has 2 aromatic rings. The molecular weight excluding hydrogens is 252 g/mol. The number of hydrogen-bond donors (Lipinski definition) is 2. The first kappa shape index (κ1) is 20.0. The molecule has 0 amide bonds. The van der Waals surface area contributed by atoms with Crippen LogP contribution in [0.25, 0.3) is 10.9 Å². The predicted molar refractivity (Wildman–Crippen MR) is 84.0 cm³/mol. The van der Waals surface area contributed by atoms with E-state index < -0.39 is 5.97 Å². The highest BCUT2D eigenvalue weighted by molar-refractivity contribution is 6.03. The number of rotatable bonds is 1. The molecule has 4 nitrogen and oxygen atoms in total. The molecule has 0 radical (unpaired) electrons. The Morgan fingerprint density at radius 2 is 1.70 bits per heavy atom. The van der Waals surface area contributed by atoms with Gasteiger partial charge in [-0.25, -0.2) is 4.79 Å². The molecule has 2 rings (SSSR count). The molecule has 1 aromatic heterocycles. The Kier molecular flexibility index (Phi) is 11.8. The van der Waals surface area contributed by atoms with Crippen molar-refractivity contribution in [2.75, 3.05) is 0 Å². The molecule has 0 fully saturated rings. The van der Waals surface area contributed by atoms with Gasteiger partial charge in [-0.2, -0.15) is 5.26 Å². The zero-order valence-corrected chi connectivity index (χ0v) is 13.1. The van der Waals surface area contributed by atoms with E-state index in [9.17, 15) is 4.79 Å². The normalized spacial score (nSPS) is 7.85. The fourth-order valence-corrected chi connectivity index (χ4v) is 1.37. The third-order valence-electron chi connectivity index (χ3n) is 2.04. The molecule has 2 N–H and O–H groups in total. The van der Waals surface area contributed by atoms with E-state index in [2.05, 4.69) is 4.98 Å². The largest absolute Gasteiger partial charge is 0.478 e. The first-order chi connectivity index (χ1) is 9.72. The summed E-state index contributed by atoms with van der Waals surface area (Å²) in [6.45, 7) is 12.0. The highest BCUT2D eigenvalue weighted by Gasteiger charge is 2.09. The van der Waals surface area contributed by atoms with Crippen molar-refractivity contribution in [3.8, 4) is 6.07 Å². The molecule has 0 aliphatic heterocycles. The second kappa shape index (κ2) is 11.8. The van der Waals surface area contributed by atoms with Crippen molar-refractivity contribution < 1.29 is 9.90 Å². The van der Waals surface area contributed by atoms with E-state index in [1.54, 1.807) is 18.2 Å².